The van der Waals surface area contributed by atoms with Crippen molar-refractivity contribution in [2.24, 2.45) is 5.92 Å². The zero-order valence-corrected chi connectivity index (χ0v) is 13.6. The molecule has 2 heterocycles. The van der Waals surface area contributed by atoms with E-state index in [4.69, 9.17) is 0 Å². The summed E-state index contributed by atoms with van der Waals surface area (Å²) in [6.45, 7) is 5.52. The Kier molecular flexibility index (Phi) is 4.25. The van der Waals surface area contributed by atoms with Crippen LogP contribution in [-0.4, -0.2) is 28.9 Å². The Morgan fingerprint density at radius 3 is 2.91 bits per heavy atom. The van der Waals surface area contributed by atoms with Crippen LogP contribution in [0.3, 0.4) is 0 Å². The van der Waals surface area contributed by atoms with Crippen molar-refractivity contribution in [3.05, 3.63) is 40.8 Å². The average Bonchev–Trinajstić information content (AvgIpc) is 2.88. The van der Waals surface area contributed by atoms with E-state index in [0.717, 1.165) is 30.9 Å². The first kappa shape index (κ1) is 15.2. The number of carbonyl (C=O) groups excluding carboxylic acids is 1. The van der Waals surface area contributed by atoms with Crippen LogP contribution in [0.25, 0.3) is 10.4 Å². The lowest BCUT2D eigenvalue weighted by Crippen LogP contribution is -2.39. The standard InChI is InChI=1S/C17H19FN2OS/c1-11-6-5-9-20(10-11)17(21)15-16(22-12(2)19-15)13-7-3-4-8-14(13)18/h3-4,7-8,11H,5-6,9-10H2,1-2H3. The van der Waals surface area contributed by atoms with E-state index >= 15 is 0 Å². The summed E-state index contributed by atoms with van der Waals surface area (Å²) in [6.07, 6.45) is 2.17. The van der Waals surface area contributed by atoms with Crippen LogP contribution in [0.5, 0.6) is 0 Å². The molecular formula is C17H19FN2OS. The van der Waals surface area contributed by atoms with Gasteiger partial charge in [-0.25, -0.2) is 9.37 Å². The fourth-order valence-corrected chi connectivity index (χ4v) is 3.86. The molecule has 116 valence electrons. The lowest BCUT2D eigenvalue weighted by Gasteiger charge is -2.30. The number of hydrogen-bond acceptors (Lipinski definition) is 3. The summed E-state index contributed by atoms with van der Waals surface area (Å²) in [5.74, 6) is 0.121. The SMILES string of the molecule is Cc1nc(C(=O)N2CCCC(C)C2)c(-c2ccccc2F)s1. The van der Waals surface area contributed by atoms with Crippen LogP contribution in [-0.2, 0) is 0 Å². The maximum atomic E-state index is 14.1. The number of piperidine rings is 1. The first-order chi connectivity index (χ1) is 10.6. The number of likely N-dealkylation sites (tertiary alicyclic amines) is 1. The Labute approximate surface area is 133 Å². The van der Waals surface area contributed by atoms with Crippen molar-refractivity contribution in [1.29, 1.82) is 0 Å². The monoisotopic (exact) mass is 318 g/mol. The smallest absolute Gasteiger partial charge is 0.274 e. The van der Waals surface area contributed by atoms with Crippen LogP contribution >= 0.6 is 11.3 Å². The van der Waals surface area contributed by atoms with Gasteiger partial charge in [0.2, 0.25) is 0 Å². The Balaban J connectivity index is 1.98. The highest BCUT2D eigenvalue weighted by Gasteiger charge is 2.27. The predicted octanol–water partition coefficient (Wildman–Crippen LogP) is 4.13. The topological polar surface area (TPSA) is 33.2 Å². The predicted molar refractivity (Wildman–Crippen MR) is 86.5 cm³/mol. The van der Waals surface area contributed by atoms with Crippen molar-refractivity contribution in [3.8, 4) is 10.4 Å². The Bertz CT molecular complexity index is 698. The number of halogens is 1. The molecule has 0 saturated carbocycles. The normalized spacial score (nSPS) is 18.5. The van der Waals surface area contributed by atoms with Gasteiger partial charge in [-0.2, -0.15) is 0 Å². The van der Waals surface area contributed by atoms with Gasteiger partial charge in [0.1, 0.15) is 11.5 Å². The van der Waals surface area contributed by atoms with Gasteiger partial charge in [0.15, 0.2) is 0 Å². The maximum absolute atomic E-state index is 14.1. The Morgan fingerprint density at radius 1 is 1.41 bits per heavy atom. The molecule has 1 aromatic carbocycles. The van der Waals surface area contributed by atoms with Crippen molar-refractivity contribution in [2.75, 3.05) is 13.1 Å². The number of aryl methyl sites for hydroxylation is 1. The maximum Gasteiger partial charge on any atom is 0.274 e. The first-order valence-electron chi connectivity index (χ1n) is 7.58. The molecule has 1 amide bonds. The fraction of sp³-hybridized carbons (Fsp3) is 0.412. The van der Waals surface area contributed by atoms with Crippen molar-refractivity contribution in [2.45, 2.75) is 26.7 Å². The lowest BCUT2D eigenvalue weighted by molar-refractivity contribution is 0.0678. The van der Waals surface area contributed by atoms with Gasteiger partial charge in [0.05, 0.1) is 9.88 Å². The molecule has 0 bridgehead atoms. The molecule has 3 rings (SSSR count). The van der Waals surface area contributed by atoms with Crippen molar-refractivity contribution < 1.29 is 9.18 Å². The van der Waals surface area contributed by atoms with E-state index in [2.05, 4.69) is 11.9 Å². The molecule has 3 nitrogen and oxygen atoms in total. The van der Waals surface area contributed by atoms with E-state index in [1.165, 1.54) is 17.4 Å². The fourth-order valence-electron chi connectivity index (χ4n) is 2.92. The first-order valence-corrected chi connectivity index (χ1v) is 8.39. The van der Waals surface area contributed by atoms with Crippen LogP contribution < -0.4 is 0 Å². The third-order valence-electron chi connectivity index (χ3n) is 4.00. The molecule has 1 aliphatic rings. The van der Waals surface area contributed by atoms with Gasteiger partial charge in [0, 0.05) is 18.7 Å². The second-order valence-electron chi connectivity index (χ2n) is 5.89. The van der Waals surface area contributed by atoms with Gasteiger partial charge in [0.25, 0.3) is 5.91 Å². The van der Waals surface area contributed by atoms with Gasteiger partial charge >= 0.3 is 0 Å². The summed E-state index contributed by atoms with van der Waals surface area (Å²) in [6, 6.07) is 6.56. The van der Waals surface area contributed by atoms with Crippen LogP contribution in [0.15, 0.2) is 24.3 Å². The van der Waals surface area contributed by atoms with E-state index in [0.29, 0.717) is 22.1 Å². The summed E-state index contributed by atoms with van der Waals surface area (Å²) in [5, 5.41) is 0.784. The third-order valence-corrected chi connectivity index (χ3v) is 5.00. The molecule has 5 heteroatoms. The zero-order chi connectivity index (χ0) is 15.7. The van der Waals surface area contributed by atoms with Gasteiger partial charge < -0.3 is 4.90 Å². The van der Waals surface area contributed by atoms with E-state index < -0.39 is 0 Å². The highest BCUT2D eigenvalue weighted by Crippen LogP contribution is 2.33. The molecule has 0 spiro atoms. The number of nitrogens with zero attached hydrogens (tertiary/aromatic N) is 2. The largest absolute Gasteiger partial charge is 0.337 e. The lowest BCUT2D eigenvalue weighted by atomic mass is 10.00. The molecule has 1 aromatic heterocycles. The van der Waals surface area contributed by atoms with Crippen LogP contribution in [0.2, 0.25) is 0 Å². The van der Waals surface area contributed by atoms with Gasteiger partial charge in [-0.1, -0.05) is 25.1 Å². The molecule has 0 aliphatic carbocycles. The number of thiazole rings is 1. The van der Waals surface area contributed by atoms with Crippen molar-refractivity contribution in [1.82, 2.24) is 9.88 Å². The van der Waals surface area contributed by atoms with Gasteiger partial charge in [-0.3, -0.25) is 4.79 Å². The molecule has 1 aliphatic heterocycles. The van der Waals surface area contributed by atoms with E-state index in [1.54, 1.807) is 18.2 Å². The molecule has 1 atom stereocenters. The van der Waals surface area contributed by atoms with Crippen molar-refractivity contribution >= 4 is 17.2 Å². The summed E-state index contributed by atoms with van der Waals surface area (Å²) >= 11 is 1.38. The molecular weight excluding hydrogens is 299 g/mol. The summed E-state index contributed by atoms with van der Waals surface area (Å²) < 4.78 is 14.1. The number of amides is 1. The van der Waals surface area contributed by atoms with Crippen LogP contribution in [0.4, 0.5) is 4.39 Å². The van der Waals surface area contributed by atoms with E-state index in [1.807, 2.05) is 11.8 Å². The molecule has 0 N–H and O–H groups in total. The summed E-state index contributed by atoms with van der Waals surface area (Å²) in [7, 11) is 0. The second-order valence-corrected chi connectivity index (χ2v) is 7.09. The number of carbonyl (C=O) groups is 1. The summed E-state index contributed by atoms with van der Waals surface area (Å²) in [4.78, 5) is 19.7. The minimum atomic E-state index is -0.313. The third kappa shape index (κ3) is 2.90. The molecule has 0 radical (unpaired) electrons. The summed E-state index contributed by atoms with van der Waals surface area (Å²) in [5.41, 5.74) is 0.850. The minimum absolute atomic E-state index is 0.0749. The molecule has 1 saturated heterocycles. The molecule has 1 fully saturated rings. The Morgan fingerprint density at radius 2 is 2.18 bits per heavy atom. The van der Waals surface area contributed by atoms with Crippen LogP contribution in [0, 0.1) is 18.7 Å². The number of hydrogen-bond donors (Lipinski definition) is 0. The molecule has 22 heavy (non-hydrogen) atoms. The van der Waals surface area contributed by atoms with Gasteiger partial charge in [-0.05, 0) is 31.7 Å². The molecule has 2 aromatic rings. The highest BCUT2D eigenvalue weighted by atomic mass is 32.1. The molecule has 1 unspecified atom stereocenters. The quantitative estimate of drug-likeness (QED) is 0.834. The average molecular weight is 318 g/mol. The Hall–Kier alpha value is -1.75. The minimum Gasteiger partial charge on any atom is -0.337 e. The zero-order valence-electron chi connectivity index (χ0n) is 12.8. The number of rotatable bonds is 2. The second kappa shape index (κ2) is 6.16. The van der Waals surface area contributed by atoms with E-state index in [9.17, 15) is 9.18 Å². The number of benzene rings is 1. The number of aromatic nitrogens is 1. The highest BCUT2D eigenvalue weighted by molar-refractivity contribution is 7.15. The van der Waals surface area contributed by atoms with Gasteiger partial charge in [-0.15, -0.1) is 11.3 Å². The van der Waals surface area contributed by atoms with Crippen molar-refractivity contribution in [3.63, 3.8) is 0 Å². The van der Waals surface area contributed by atoms with Crippen LogP contribution in [0.1, 0.15) is 35.3 Å². The van der Waals surface area contributed by atoms with E-state index in [-0.39, 0.29) is 11.7 Å².